The summed E-state index contributed by atoms with van der Waals surface area (Å²) < 4.78 is 10.7. The van der Waals surface area contributed by atoms with Gasteiger partial charge in [-0.2, -0.15) is 5.10 Å². The van der Waals surface area contributed by atoms with Crippen molar-refractivity contribution in [2.24, 2.45) is 5.92 Å². The van der Waals surface area contributed by atoms with Crippen LogP contribution in [0.25, 0.3) is 21.3 Å². The summed E-state index contributed by atoms with van der Waals surface area (Å²) >= 11 is 2.65. The average Bonchev–Trinajstić information content (AvgIpc) is 3.77. The van der Waals surface area contributed by atoms with E-state index in [0.29, 0.717) is 53.9 Å². The Labute approximate surface area is 322 Å². The predicted molar refractivity (Wildman–Crippen MR) is 214 cm³/mol. The molecule has 11 nitrogen and oxygen atoms in total. The molecule has 0 aliphatic carbocycles. The molecule has 0 spiro atoms. The molecule has 7 rings (SSSR count). The number of carbonyl (C=O) groups is 3. The van der Waals surface area contributed by atoms with Gasteiger partial charge in [0.2, 0.25) is 0 Å². The predicted octanol–water partition coefficient (Wildman–Crippen LogP) is 7.88. The van der Waals surface area contributed by atoms with Crippen molar-refractivity contribution in [3.05, 3.63) is 119 Å². The fourth-order valence-electron chi connectivity index (χ4n) is 6.56. The van der Waals surface area contributed by atoms with Gasteiger partial charge in [-0.3, -0.25) is 29.1 Å². The topological polar surface area (TPSA) is 131 Å². The van der Waals surface area contributed by atoms with Gasteiger partial charge in [0.25, 0.3) is 11.8 Å². The second-order valence-corrected chi connectivity index (χ2v) is 15.5. The van der Waals surface area contributed by atoms with Crippen LogP contribution >= 0.6 is 23.3 Å². The number of benzene rings is 3. The SMILES string of the molecule is COC(=O)CCc1ccc(SNC(=O)c2nc(N3CCc4cccc(C(=O)Nc5nc6ccccc6s5)c4C3)ccc2-c2cnn(CC(C)C)c2C)cc1. The molecule has 2 N–H and O–H groups in total. The van der Waals surface area contributed by atoms with E-state index in [9.17, 15) is 14.4 Å². The van der Waals surface area contributed by atoms with E-state index in [4.69, 9.17) is 9.72 Å². The minimum absolute atomic E-state index is 0.210. The van der Waals surface area contributed by atoms with Crippen LogP contribution in [0.3, 0.4) is 0 Å². The van der Waals surface area contributed by atoms with Gasteiger partial charge < -0.3 is 9.64 Å². The van der Waals surface area contributed by atoms with Crippen molar-refractivity contribution < 1.29 is 19.1 Å². The monoisotopic (exact) mass is 759 g/mol. The zero-order valence-electron chi connectivity index (χ0n) is 30.6. The van der Waals surface area contributed by atoms with E-state index in [2.05, 4.69) is 44.9 Å². The van der Waals surface area contributed by atoms with Crippen molar-refractivity contribution in [3.63, 3.8) is 0 Å². The van der Waals surface area contributed by atoms with Gasteiger partial charge >= 0.3 is 5.97 Å². The summed E-state index contributed by atoms with van der Waals surface area (Å²) in [5.74, 6) is 0.243. The Morgan fingerprint density at radius 1 is 0.944 bits per heavy atom. The number of anilines is 2. The van der Waals surface area contributed by atoms with Crippen molar-refractivity contribution in [1.82, 2.24) is 24.5 Å². The van der Waals surface area contributed by atoms with Gasteiger partial charge in [-0.15, -0.1) is 0 Å². The lowest BCUT2D eigenvalue weighted by molar-refractivity contribution is -0.140. The number of hydrogen-bond donors (Lipinski definition) is 2. The molecule has 1 aliphatic rings. The molecule has 276 valence electrons. The maximum atomic E-state index is 14.1. The first kappa shape index (κ1) is 36.8. The number of nitrogens with one attached hydrogen (secondary N) is 2. The summed E-state index contributed by atoms with van der Waals surface area (Å²) in [6.07, 6.45) is 3.40. The number of methoxy groups -OCH3 is 1. The number of para-hydroxylation sites is 1. The molecule has 0 atom stereocenters. The van der Waals surface area contributed by atoms with Gasteiger partial charge in [0.05, 0.1) is 23.5 Å². The van der Waals surface area contributed by atoms with Gasteiger partial charge in [-0.05, 0) is 96.8 Å². The lowest BCUT2D eigenvalue weighted by Crippen LogP contribution is -2.33. The van der Waals surface area contributed by atoms with Crippen LogP contribution in [0.2, 0.25) is 0 Å². The van der Waals surface area contributed by atoms with Crippen LogP contribution in [0.1, 0.15) is 63.5 Å². The highest BCUT2D eigenvalue weighted by atomic mass is 32.2. The summed E-state index contributed by atoms with van der Waals surface area (Å²) in [6, 6.07) is 25.3. The molecule has 0 radical (unpaired) electrons. The van der Waals surface area contributed by atoms with Gasteiger partial charge in [0.1, 0.15) is 11.5 Å². The third-order valence-corrected chi connectivity index (χ3v) is 11.2. The Morgan fingerprint density at radius 2 is 1.76 bits per heavy atom. The molecule has 3 aromatic heterocycles. The van der Waals surface area contributed by atoms with E-state index >= 15 is 0 Å². The Hall–Kier alpha value is -5.53. The molecule has 0 bridgehead atoms. The number of hydrogen-bond acceptors (Lipinski definition) is 10. The molecule has 2 amide bonds. The highest BCUT2D eigenvalue weighted by Crippen LogP contribution is 2.33. The second-order valence-electron chi connectivity index (χ2n) is 13.6. The lowest BCUT2D eigenvalue weighted by atomic mass is 9.94. The molecule has 13 heteroatoms. The van der Waals surface area contributed by atoms with Crippen LogP contribution in [0.4, 0.5) is 10.9 Å². The number of fused-ring (bicyclic) bond motifs is 2. The number of ether oxygens (including phenoxy) is 1. The first-order chi connectivity index (χ1) is 26.2. The molecule has 54 heavy (non-hydrogen) atoms. The van der Waals surface area contributed by atoms with Crippen molar-refractivity contribution in [2.75, 3.05) is 23.9 Å². The number of aromatic nitrogens is 4. The van der Waals surface area contributed by atoms with Gasteiger partial charge in [0, 0.05) is 53.3 Å². The Bertz CT molecular complexity index is 2300. The Kier molecular flexibility index (Phi) is 11.1. The highest BCUT2D eigenvalue weighted by Gasteiger charge is 2.26. The zero-order valence-corrected chi connectivity index (χ0v) is 32.2. The van der Waals surface area contributed by atoms with Gasteiger partial charge in [-0.25, -0.2) is 9.97 Å². The van der Waals surface area contributed by atoms with E-state index in [-0.39, 0.29) is 23.5 Å². The number of carbonyl (C=O) groups excluding carboxylic acids is 3. The minimum Gasteiger partial charge on any atom is -0.469 e. The smallest absolute Gasteiger partial charge is 0.305 e. The summed E-state index contributed by atoms with van der Waals surface area (Å²) in [7, 11) is 1.38. The van der Waals surface area contributed by atoms with Gasteiger partial charge in [0.15, 0.2) is 5.13 Å². The van der Waals surface area contributed by atoms with Crippen molar-refractivity contribution in [1.29, 1.82) is 0 Å². The van der Waals surface area contributed by atoms with Crippen LogP contribution in [-0.2, 0) is 35.5 Å². The van der Waals surface area contributed by atoms with Crippen LogP contribution in [0, 0.1) is 12.8 Å². The van der Waals surface area contributed by atoms with E-state index in [1.54, 1.807) is 6.20 Å². The molecule has 0 fully saturated rings. The third kappa shape index (κ3) is 8.17. The molecule has 0 saturated heterocycles. The molecule has 0 unspecified atom stereocenters. The number of pyridine rings is 1. The van der Waals surface area contributed by atoms with E-state index in [1.165, 1.54) is 30.4 Å². The van der Waals surface area contributed by atoms with Crippen molar-refractivity contribution >= 4 is 62.2 Å². The average molecular weight is 760 g/mol. The van der Waals surface area contributed by atoms with E-state index in [0.717, 1.165) is 56.0 Å². The van der Waals surface area contributed by atoms with E-state index in [1.807, 2.05) is 84.4 Å². The largest absolute Gasteiger partial charge is 0.469 e. The molecular weight excluding hydrogens is 719 g/mol. The Balaban J connectivity index is 1.14. The molecular formula is C41H41N7O4S2. The minimum atomic E-state index is -0.337. The van der Waals surface area contributed by atoms with E-state index < -0.39 is 0 Å². The number of rotatable bonds is 12. The lowest BCUT2D eigenvalue weighted by Gasteiger charge is -2.31. The highest BCUT2D eigenvalue weighted by molar-refractivity contribution is 7.98. The fourth-order valence-corrected chi connectivity index (χ4v) is 8.00. The van der Waals surface area contributed by atoms with Crippen LogP contribution in [0.15, 0.2) is 90.0 Å². The van der Waals surface area contributed by atoms with Crippen molar-refractivity contribution in [2.45, 2.75) is 58.0 Å². The number of nitrogens with zero attached hydrogens (tertiary/aromatic N) is 5. The van der Waals surface area contributed by atoms with Crippen LogP contribution in [0.5, 0.6) is 0 Å². The van der Waals surface area contributed by atoms with Crippen molar-refractivity contribution in [3.8, 4) is 11.1 Å². The number of amides is 2. The summed E-state index contributed by atoms with van der Waals surface area (Å²) in [5, 5.41) is 8.21. The normalized spacial score (nSPS) is 12.5. The fraction of sp³-hybridized carbons (Fsp3) is 0.268. The van der Waals surface area contributed by atoms with Crippen LogP contribution in [-0.4, -0.2) is 51.2 Å². The zero-order chi connectivity index (χ0) is 37.8. The maximum Gasteiger partial charge on any atom is 0.305 e. The number of thiazole rings is 1. The number of esters is 1. The molecule has 3 aromatic carbocycles. The van der Waals surface area contributed by atoms with Gasteiger partial charge in [-0.1, -0.05) is 61.6 Å². The van der Waals surface area contributed by atoms with Crippen LogP contribution < -0.4 is 14.9 Å². The first-order valence-electron chi connectivity index (χ1n) is 17.9. The summed E-state index contributed by atoms with van der Waals surface area (Å²) in [5.41, 5.74) is 7.25. The molecule has 1 aliphatic heterocycles. The summed E-state index contributed by atoms with van der Waals surface area (Å²) in [4.78, 5) is 51.9. The standard InChI is InChI=1S/C41H41N7O4S2/c1-25(2)23-48-26(3)32(22-42-48)30-17-18-36(44-38(30)40(51)46-54-29-15-12-27(13-16-29)14-19-37(49)52-4)47-21-20-28-8-7-9-31(33(28)24-47)39(50)45-41-43-34-10-5-6-11-35(34)53-41/h5-13,15-18,22,25H,14,19-21,23-24H2,1-4H3,(H,46,51)(H,43,45,50). The second kappa shape index (κ2) is 16.2. The number of aryl methyl sites for hydroxylation is 1. The summed E-state index contributed by atoms with van der Waals surface area (Å²) in [6.45, 7) is 8.18. The molecule has 0 saturated carbocycles. The molecule has 4 heterocycles. The third-order valence-electron chi connectivity index (χ3n) is 9.41. The Morgan fingerprint density at radius 3 is 2.54 bits per heavy atom. The molecule has 6 aromatic rings. The maximum absolute atomic E-state index is 14.1. The quantitative estimate of drug-likeness (QED) is 0.0945. The first-order valence-corrected chi connectivity index (χ1v) is 19.5.